The molecule has 0 amide bonds. The third kappa shape index (κ3) is 10.2. The molecule has 128 valence electrons. The minimum atomic E-state index is -0.362. The Labute approximate surface area is 135 Å². The van der Waals surface area contributed by atoms with Gasteiger partial charge in [0.1, 0.15) is 0 Å². The Balaban J connectivity index is 1.92. The van der Waals surface area contributed by atoms with Gasteiger partial charge in [0.25, 0.3) is 0 Å². The largest absolute Gasteiger partial charge is 0.353 e. The summed E-state index contributed by atoms with van der Waals surface area (Å²) in [4.78, 5) is 0. The Morgan fingerprint density at radius 1 is 1.05 bits per heavy atom. The van der Waals surface area contributed by atoms with Gasteiger partial charge in [0.15, 0.2) is 6.29 Å². The molecule has 1 atom stereocenters. The van der Waals surface area contributed by atoms with E-state index < -0.39 is 0 Å². The van der Waals surface area contributed by atoms with Crippen LogP contribution in [0.5, 0.6) is 0 Å². The predicted molar refractivity (Wildman–Crippen MR) is 87.4 cm³/mol. The van der Waals surface area contributed by atoms with Gasteiger partial charge in [0.05, 0.1) is 0 Å². The van der Waals surface area contributed by atoms with Crippen molar-refractivity contribution in [3.8, 4) is 11.8 Å². The molecule has 0 aliphatic carbocycles. The van der Waals surface area contributed by atoms with Crippen molar-refractivity contribution in [3.05, 3.63) is 0 Å². The quantitative estimate of drug-likeness (QED) is 0.329. The van der Waals surface area contributed by atoms with Gasteiger partial charge in [0, 0.05) is 32.8 Å². The SMILES string of the molecule is CCOC(C#CCCCCCCOC1CCCCO1)OCC. The van der Waals surface area contributed by atoms with E-state index in [1.807, 2.05) is 13.8 Å². The molecular weight excluding hydrogens is 280 g/mol. The van der Waals surface area contributed by atoms with Crippen molar-refractivity contribution in [1.29, 1.82) is 0 Å². The van der Waals surface area contributed by atoms with Crippen LogP contribution in [0.15, 0.2) is 0 Å². The summed E-state index contributed by atoms with van der Waals surface area (Å²) >= 11 is 0. The summed E-state index contributed by atoms with van der Waals surface area (Å²) in [5.74, 6) is 6.18. The number of rotatable bonds is 11. The van der Waals surface area contributed by atoms with Gasteiger partial charge in [-0.1, -0.05) is 18.8 Å². The summed E-state index contributed by atoms with van der Waals surface area (Å²) < 4.78 is 22.0. The van der Waals surface area contributed by atoms with Crippen LogP contribution in [0.3, 0.4) is 0 Å². The zero-order chi connectivity index (χ0) is 15.9. The van der Waals surface area contributed by atoms with Gasteiger partial charge in [-0.3, -0.25) is 0 Å². The smallest absolute Gasteiger partial charge is 0.222 e. The van der Waals surface area contributed by atoms with Crippen molar-refractivity contribution < 1.29 is 18.9 Å². The van der Waals surface area contributed by atoms with E-state index >= 15 is 0 Å². The van der Waals surface area contributed by atoms with Gasteiger partial charge < -0.3 is 18.9 Å². The Bertz CT molecular complexity index is 296. The molecular formula is C18H32O4. The minimum Gasteiger partial charge on any atom is -0.353 e. The first-order valence-electron chi connectivity index (χ1n) is 8.81. The van der Waals surface area contributed by atoms with Crippen LogP contribution >= 0.6 is 0 Å². The van der Waals surface area contributed by atoms with Crippen molar-refractivity contribution in [3.63, 3.8) is 0 Å². The van der Waals surface area contributed by atoms with Crippen LogP contribution < -0.4 is 0 Å². The normalized spacial score (nSPS) is 18.2. The Hall–Kier alpha value is -0.600. The van der Waals surface area contributed by atoms with E-state index in [1.54, 1.807) is 0 Å². The Morgan fingerprint density at radius 3 is 2.50 bits per heavy atom. The maximum atomic E-state index is 5.71. The summed E-state index contributed by atoms with van der Waals surface area (Å²) in [5.41, 5.74) is 0. The summed E-state index contributed by atoms with van der Waals surface area (Å²) in [6, 6.07) is 0. The van der Waals surface area contributed by atoms with Crippen molar-refractivity contribution >= 4 is 0 Å². The second kappa shape index (κ2) is 14.0. The van der Waals surface area contributed by atoms with E-state index in [0.717, 1.165) is 38.9 Å². The number of ether oxygens (including phenoxy) is 4. The van der Waals surface area contributed by atoms with E-state index in [9.17, 15) is 0 Å². The van der Waals surface area contributed by atoms with Crippen molar-refractivity contribution in [2.75, 3.05) is 26.4 Å². The molecule has 1 fully saturated rings. The van der Waals surface area contributed by atoms with Crippen LogP contribution in [0.25, 0.3) is 0 Å². The molecule has 1 unspecified atom stereocenters. The second-order valence-corrected chi connectivity index (χ2v) is 5.39. The van der Waals surface area contributed by atoms with E-state index in [1.165, 1.54) is 25.7 Å². The third-order valence-electron chi connectivity index (χ3n) is 3.49. The van der Waals surface area contributed by atoms with Crippen LogP contribution in [-0.4, -0.2) is 39.0 Å². The average Bonchev–Trinajstić information content (AvgIpc) is 2.54. The van der Waals surface area contributed by atoms with E-state index in [-0.39, 0.29) is 12.6 Å². The first-order valence-corrected chi connectivity index (χ1v) is 8.81. The summed E-state index contributed by atoms with van der Waals surface area (Å²) in [5, 5.41) is 0. The fourth-order valence-electron chi connectivity index (χ4n) is 2.32. The maximum Gasteiger partial charge on any atom is 0.222 e. The lowest BCUT2D eigenvalue weighted by Crippen LogP contribution is -2.22. The van der Waals surface area contributed by atoms with Gasteiger partial charge in [-0.05, 0) is 51.9 Å². The molecule has 22 heavy (non-hydrogen) atoms. The van der Waals surface area contributed by atoms with Gasteiger partial charge in [0.2, 0.25) is 6.29 Å². The van der Waals surface area contributed by atoms with Crippen LogP contribution in [0.1, 0.15) is 65.2 Å². The third-order valence-corrected chi connectivity index (χ3v) is 3.49. The number of hydrogen-bond donors (Lipinski definition) is 0. The number of hydrogen-bond acceptors (Lipinski definition) is 4. The lowest BCUT2D eigenvalue weighted by molar-refractivity contribution is -0.162. The summed E-state index contributed by atoms with van der Waals surface area (Å²) in [6.45, 7) is 6.83. The van der Waals surface area contributed by atoms with Crippen LogP contribution in [0.2, 0.25) is 0 Å². The predicted octanol–water partition coefficient (Wildman–Crippen LogP) is 3.88. The van der Waals surface area contributed by atoms with Crippen molar-refractivity contribution in [1.82, 2.24) is 0 Å². The lowest BCUT2D eigenvalue weighted by atomic mass is 10.1. The molecule has 1 heterocycles. The Kier molecular flexibility index (Phi) is 12.4. The van der Waals surface area contributed by atoms with Crippen LogP contribution in [0.4, 0.5) is 0 Å². The van der Waals surface area contributed by atoms with Crippen molar-refractivity contribution in [2.24, 2.45) is 0 Å². The highest BCUT2D eigenvalue weighted by molar-refractivity contribution is 5.02. The van der Waals surface area contributed by atoms with E-state index in [4.69, 9.17) is 18.9 Å². The molecule has 0 aromatic rings. The number of unbranched alkanes of at least 4 members (excludes halogenated alkanes) is 4. The highest BCUT2D eigenvalue weighted by atomic mass is 16.7. The molecule has 1 rings (SSSR count). The highest BCUT2D eigenvalue weighted by Crippen LogP contribution is 2.14. The zero-order valence-electron chi connectivity index (χ0n) is 14.3. The van der Waals surface area contributed by atoms with E-state index in [2.05, 4.69) is 11.8 Å². The highest BCUT2D eigenvalue weighted by Gasteiger charge is 2.13. The fraction of sp³-hybridized carbons (Fsp3) is 0.889. The molecule has 0 N–H and O–H groups in total. The van der Waals surface area contributed by atoms with Crippen LogP contribution in [-0.2, 0) is 18.9 Å². The molecule has 4 heteroatoms. The molecule has 0 saturated carbocycles. The van der Waals surface area contributed by atoms with Gasteiger partial charge in [-0.15, -0.1) is 0 Å². The fourth-order valence-corrected chi connectivity index (χ4v) is 2.32. The molecule has 1 aliphatic rings. The van der Waals surface area contributed by atoms with Crippen LogP contribution in [0, 0.1) is 11.8 Å². The first kappa shape index (κ1) is 19.4. The molecule has 1 saturated heterocycles. The minimum absolute atomic E-state index is 0.0497. The summed E-state index contributed by atoms with van der Waals surface area (Å²) in [7, 11) is 0. The monoisotopic (exact) mass is 312 g/mol. The lowest BCUT2D eigenvalue weighted by Gasteiger charge is -2.22. The molecule has 1 aliphatic heterocycles. The van der Waals surface area contributed by atoms with Gasteiger partial charge in [-0.2, -0.15) is 0 Å². The average molecular weight is 312 g/mol. The molecule has 0 radical (unpaired) electrons. The summed E-state index contributed by atoms with van der Waals surface area (Å²) in [6.07, 6.45) is 8.66. The van der Waals surface area contributed by atoms with Gasteiger partial charge in [-0.25, -0.2) is 0 Å². The van der Waals surface area contributed by atoms with E-state index in [0.29, 0.717) is 13.2 Å². The first-order chi connectivity index (χ1) is 10.9. The standard InChI is InChI=1S/C18H32O4/c1-3-19-17(20-4-2)13-9-7-5-6-8-11-15-21-18-14-10-12-16-22-18/h17-18H,3-8,10-12,14-16H2,1-2H3. The zero-order valence-corrected chi connectivity index (χ0v) is 14.3. The second-order valence-electron chi connectivity index (χ2n) is 5.39. The molecule has 0 spiro atoms. The maximum absolute atomic E-state index is 5.71. The molecule has 0 aromatic carbocycles. The molecule has 0 aromatic heterocycles. The Morgan fingerprint density at radius 2 is 1.82 bits per heavy atom. The van der Waals surface area contributed by atoms with Crippen molar-refractivity contribution in [2.45, 2.75) is 77.8 Å². The molecule has 0 bridgehead atoms. The topological polar surface area (TPSA) is 36.9 Å². The molecule has 4 nitrogen and oxygen atoms in total. The van der Waals surface area contributed by atoms with Gasteiger partial charge >= 0.3 is 0 Å².